The molecule has 0 radical (unpaired) electrons. The van der Waals surface area contributed by atoms with Crippen molar-refractivity contribution in [3.05, 3.63) is 30.1 Å². The minimum atomic E-state index is -2.39. The fourth-order valence-corrected chi connectivity index (χ4v) is 5.53. The third-order valence-corrected chi connectivity index (χ3v) is 5.61. The predicted molar refractivity (Wildman–Crippen MR) is 102 cm³/mol. The molecular formula is C16H29N2O2PS2. The highest BCUT2D eigenvalue weighted by Crippen LogP contribution is 2.48. The summed E-state index contributed by atoms with van der Waals surface area (Å²) in [6.45, 7) is 8.88. The van der Waals surface area contributed by atoms with Crippen molar-refractivity contribution >= 4 is 29.7 Å². The summed E-state index contributed by atoms with van der Waals surface area (Å²) < 4.78 is 10.5. The lowest BCUT2D eigenvalue weighted by Crippen LogP contribution is -2.86. The molecule has 1 aromatic rings. The molecule has 132 valence electrons. The number of piperidine rings is 1. The van der Waals surface area contributed by atoms with Crippen LogP contribution < -0.4 is 5.32 Å². The Morgan fingerprint density at radius 2 is 1.91 bits per heavy atom. The van der Waals surface area contributed by atoms with Crippen LogP contribution in [0, 0.1) is 0 Å². The smallest absolute Gasteiger partial charge is 0.113 e. The Labute approximate surface area is 151 Å². The molecule has 0 saturated carbocycles. The number of rotatable bonds is 5. The third-order valence-electron chi connectivity index (χ3n) is 3.21. The van der Waals surface area contributed by atoms with Gasteiger partial charge in [-0.15, -0.1) is 0 Å². The van der Waals surface area contributed by atoms with E-state index in [1.54, 1.807) is 0 Å². The van der Waals surface area contributed by atoms with Crippen LogP contribution in [0.4, 0.5) is 0 Å². The van der Waals surface area contributed by atoms with Crippen LogP contribution in [0.5, 0.6) is 0 Å². The fraction of sp³-hybridized carbons (Fsp3) is 0.688. The molecule has 1 aromatic heterocycles. The van der Waals surface area contributed by atoms with Crippen molar-refractivity contribution < 1.29 is 14.4 Å². The van der Waals surface area contributed by atoms with E-state index in [1.165, 1.54) is 31.4 Å². The second kappa shape index (κ2) is 10.8. The van der Waals surface area contributed by atoms with Gasteiger partial charge in [0.05, 0.1) is 24.4 Å². The highest BCUT2D eigenvalue weighted by molar-refractivity contribution is 8.51. The molecule has 0 bridgehead atoms. The van der Waals surface area contributed by atoms with E-state index in [0.29, 0.717) is 6.04 Å². The van der Waals surface area contributed by atoms with Crippen LogP contribution in [0.3, 0.4) is 0 Å². The Kier molecular flexibility index (Phi) is 9.90. The average molecular weight is 377 g/mol. The van der Waals surface area contributed by atoms with E-state index in [4.69, 9.17) is 33.1 Å². The molecule has 1 saturated heterocycles. The lowest BCUT2D eigenvalue weighted by molar-refractivity contribution is -0.704. The number of hydrogen-bond donors (Lipinski definition) is 1. The van der Waals surface area contributed by atoms with Crippen molar-refractivity contribution in [1.82, 2.24) is 4.98 Å². The minimum absolute atomic E-state index is 0.0529. The summed E-state index contributed by atoms with van der Waals surface area (Å²) >= 11 is 9.95. The summed E-state index contributed by atoms with van der Waals surface area (Å²) in [6.07, 6.45) is 7.99. The lowest BCUT2D eigenvalue weighted by atomic mass is 9.99. The van der Waals surface area contributed by atoms with Gasteiger partial charge in [-0.05, 0) is 46.6 Å². The molecule has 2 N–H and O–H groups in total. The maximum absolute atomic E-state index is 5.27. The molecule has 0 aliphatic carbocycles. The Hall–Kier alpha value is 0.0300. The Morgan fingerprint density at radius 1 is 1.26 bits per heavy atom. The molecule has 0 aromatic carbocycles. The normalized spacial score (nSPS) is 18.7. The van der Waals surface area contributed by atoms with E-state index in [0.717, 1.165) is 0 Å². The van der Waals surface area contributed by atoms with Gasteiger partial charge in [-0.25, -0.2) is 0 Å². The van der Waals surface area contributed by atoms with Crippen LogP contribution in [-0.2, 0) is 33.1 Å². The van der Waals surface area contributed by atoms with Gasteiger partial charge in [-0.3, -0.25) is 4.98 Å². The Morgan fingerprint density at radius 3 is 2.35 bits per heavy atom. The maximum Gasteiger partial charge on any atom is 0.113 e. The fourth-order valence-electron chi connectivity index (χ4n) is 2.38. The maximum atomic E-state index is 5.27. The Balaban J connectivity index is 0.000000232. The number of aromatic nitrogens is 1. The van der Waals surface area contributed by atoms with Gasteiger partial charge in [0.1, 0.15) is 6.04 Å². The molecule has 2 rings (SSSR count). The number of nitrogens with two attached hydrogens (primary N) is 1. The van der Waals surface area contributed by atoms with Gasteiger partial charge in [0.2, 0.25) is 0 Å². The van der Waals surface area contributed by atoms with Gasteiger partial charge in [0, 0.05) is 24.4 Å². The first-order chi connectivity index (χ1) is 10.8. The van der Waals surface area contributed by atoms with Gasteiger partial charge >= 0.3 is 0 Å². The van der Waals surface area contributed by atoms with Crippen LogP contribution >= 0.6 is 5.69 Å². The SMILES string of the molecule is CC(C)OP(=S)([S-])OC(C)C.c1cncc(C2CCCC[NH2+]2)c1. The van der Waals surface area contributed by atoms with Crippen molar-refractivity contribution in [2.24, 2.45) is 0 Å². The Bertz CT molecular complexity index is 466. The molecule has 2 heterocycles. The topological polar surface area (TPSA) is 48.0 Å². The number of nitrogens with zero attached hydrogens (tertiary/aromatic N) is 1. The average Bonchev–Trinajstić information content (AvgIpc) is 2.47. The molecule has 1 aliphatic rings. The van der Waals surface area contributed by atoms with Gasteiger partial charge in [0.15, 0.2) is 0 Å². The summed E-state index contributed by atoms with van der Waals surface area (Å²) in [5.74, 6) is 0. The third kappa shape index (κ3) is 9.80. The van der Waals surface area contributed by atoms with E-state index in [-0.39, 0.29) is 12.2 Å². The van der Waals surface area contributed by atoms with Gasteiger partial charge in [-0.1, -0.05) is 17.9 Å². The van der Waals surface area contributed by atoms with Crippen LogP contribution in [0.15, 0.2) is 24.5 Å². The summed E-state index contributed by atoms with van der Waals surface area (Å²) in [7, 11) is 0. The van der Waals surface area contributed by atoms with Crippen LogP contribution in [0.2, 0.25) is 0 Å². The molecule has 1 atom stereocenters. The first-order valence-corrected chi connectivity index (χ1v) is 11.9. The summed E-state index contributed by atoms with van der Waals surface area (Å²) in [5.41, 5.74) is -1.00. The quantitative estimate of drug-likeness (QED) is 0.630. The second-order valence-electron chi connectivity index (χ2n) is 6.17. The van der Waals surface area contributed by atoms with Crippen LogP contribution in [0.1, 0.15) is 58.6 Å². The molecule has 1 unspecified atom stereocenters. The standard InChI is InChI=1S/C10H14N2.C6H15O2PS2/c1-2-7-12-10(5-1)9-4-3-6-11-8-9;1-5(2)7-9(10,11)8-6(3)4/h3-4,6,8,10,12H,1-2,5,7H2;5-6H,1-4H3,(H,10,11). The van der Waals surface area contributed by atoms with Crippen LogP contribution in [-0.4, -0.2) is 23.7 Å². The van der Waals surface area contributed by atoms with Gasteiger partial charge in [0.25, 0.3) is 0 Å². The van der Waals surface area contributed by atoms with Crippen molar-refractivity contribution in [3.8, 4) is 0 Å². The molecule has 7 heteroatoms. The zero-order valence-corrected chi connectivity index (χ0v) is 17.0. The van der Waals surface area contributed by atoms with E-state index < -0.39 is 5.69 Å². The highest BCUT2D eigenvalue weighted by Gasteiger charge is 2.17. The molecular weight excluding hydrogens is 347 g/mol. The first kappa shape index (κ1) is 21.1. The van der Waals surface area contributed by atoms with Crippen molar-refractivity contribution in [2.75, 3.05) is 6.54 Å². The van der Waals surface area contributed by atoms with Gasteiger partial charge in [-0.2, -0.15) is 0 Å². The largest absolute Gasteiger partial charge is 0.691 e. The lowest BCUT2D eigenvalue weighted by Gasteiger charge is -2.31. The molecule has 23 heavy (non-hydrogen) atoms. The monoisotopic (exact) mass is 376 g/mol. The minimum Gasteiger partial charge on any atom is -0.691 e. The molecule has 1 fully saturated rings. The number of hydrogen-bond acceptors (Lipinski definition) is 5. The van der Waals surface area contributed by atoms with Crippen molar-refractivity contribution in [2.45, 2.75) is 65.2 Å². The van der Waals surface area contributed by atoms with Crippen molar-refractivity contribution in [3.63, 3.8) is 0 Å². The van der Waals surface area contributed by atoms with E-state index >= 15 is 0 Å². The molecule has 0 spiro atoms. The number of pyridine rings is 1. The van der Waals surface area contributed by atoms with Crippen LogP contribution in [0.25, 0.3) is 0 Å². The van der Waals surface area contributed by atoms with E-state index in [2.05, 4.69) is 16.4 Å². The predicted octanol–water partition coefficient (Wildman–Crippen LogP) is 3.48. The second-order valence-corrected chi connectivity index (χ2v) is 11.1. The zero-order chi connectivity index (χ0) is 17.3. The van der Waals surface area contributed by atoms with Crippen molar-refractivity contribution in [1.29, 1.82) is 0 Å². The highest BCUT2D eigenvalue weighted by atomic mass is 32.9. The summed E-state index contributed by atoms with van der Waals surface area (Å²) in [4.78, 5) is 4.14. The molecule has 4 nitrogen and oxygen atoms in total. The zero-order valence-electron chi connectivity index (χ0n) is 14.5. The summed E-state index contributed by atoms with van der Waals surface area (Å²) in [6, 6.07) is 4.88. The van der Waals surface area contributed by atoms with Gasteiger partial charge < -0.3 is 26.6 Å². The first-order valence-electron chi connectivity index (χ1n) is 8.21. The molecule has 0 amide bonds. The number of quaternary nitrogens is 1. The van der Waals surface area contributed by atoms with E-state index in [1.807, 2.05) is 46.2 Å². The van der Waals surface area contributed by atoms with E-state index in [9.17, 15) is 0 Å². The summed E-state index contributed by atoms with van der Waals surface area (Å²) in [5, 5.41) is 2.43. The molecule has 1 aliphatic heterocycles.